The average Bonchev–Trinajstić information content (AvgIpc) is 3.04. The molecule has 2 aromatic carbocycles. The van der Waals surface area contributed by atoms with Crippen LogP contribution in [0.1, 0.15) is 15.9 Å². The van der Waals surface area contributed by atoms with Crippen LogP contribution in [-0.4, -0.2) is 30.0 Å². The Labute approximate surface area is 153 Å². The van der Waals surface area contributed by atoms with E-state index >= 15 is 0 Å². The van der Waals surface area contributed by atoms with Gasteiger partial charge < -0.3 is 15.0 Å². The Bertz CT molecular complexity index is 920. The third-order valence-corrected chi connectivity index (χ3v) is 4.70. The lowest BCUT2D eigenvalue weighted by Crippen LogP contribution is -2.43. The first-order valence-corrected chi connectivity index (χ1v) is 8.57. The number of hydrogen-bond donors (Lipinski definition) is 2. The number of hydrogen-bond acceptors (Lipinski definition) is 3. The Kier molecular flexibility index (Phi) is 5.19. The van der Waals surface area contributed by atoms with Gasteiger partial charge in [0, 0.05) is 28.0 Å². The number of aromatic nitrogens is 1. The highest BCUT2D eigenvalue weighted by molar-refractivity contribution is 9.10. The summed E-state index contributed by atoms with van der Waals surface area (Å²) in [6.07, 6.45) is 2.19. The van der Waals surface area contributed by atoms with Crippen LogP contribution in [0.3, 0.4) is 0 Å². The normalized spacial score (nSPS) is 11.9. The van der Waals surface area contributed by atoms with Gasteiger partial charge in [-0.1, -0.05) is 30.3 Å². The summed E-state index contributed by atoms with van der Waals surface area (Å²) in [6.45, 7) is 0. The van der Waals surface area contributed by atoms with Gasteiger partial charge in [0.15, 0.2) is 0 Å². The molecular formula is C19H17BrN2O3. The number of benzene rings is 2. The second-order valence-corrected chi connectivity index (χ2v) is 6.45. The van der Waals surface area contributed by atoms with E-state index in [1.165, 1.54) is 7.11 Å². The second-order valence-electron chi connectivity index (χ2n) is 5.59. The van der Waals surface area contributed by atoms with E-state index in [-0.39, 0.29) is 5.91 Å². The molecule has 5 nitrogen and oxygen atoms in total. The van der Waals surface area contributed by atoms with E-state index in [1.54, 1.807) is 18.2 Å². The van der Waals surface area contributed by atoms with E-state index in [4.69, 9.17) is 4.74 Å². The number of methoxy groups -OCH3 is 1. The number of rotatable bonds is 5. The van der Waals surface area contributed by atoms with Crippen LogP contribution >= 0.6 is 15.9 Å². The van der Waals surface area contributed by atoms with Crippen molar-refractivity contribution in [1.82, 2.24) is 10.3 Å². The maximum Gasteiger partial charge on any atom is 0.328 e. The fourth-order valence-electron chi connectivity index (χ4n) is 2.74. The minimum Gasteiger partial charge on any atom is -0.467 e. The fraction of sp³-hybridized carbons (Fsp3) is 0.158. The van der Waals surface area contributed by atoms with Crippen molar-refractivity contribution in [2.75, 3.05) is 7.11 Å². The number of carbonyl (C=O) groups excluding carboxylic acids is 2. The predicted octanol–water partition coefficient (Wildman–Crippen LogP) is 3.44. The largest absolute Gasteiger partial charge is 0.467 e. The van der Waals surface area contributed by atoms with Gasteiger partial charge in [-0.05, 0) is 39.7 Å². The van der Waals surface area contributed by atoms with Gasteiger partial charge in [0.25, 0.3) is 5.91 Å². The number of fused-ring (bicyclic) bond motifs is 1. The lowest BCUT2D eigenvalue weighted by Gasteiger charge is -2.17. The molecule has 0 aliphatic heterocycles. The van der Waals surface area contributed by atoms with Crippen molar-refractivity contribution in [2.45, 2.75) is 12.5 Å². The first-order chi connectivity index (χ1) is 12.1. The predicted molar refractivity (Wildman–Crippen MR) is 99.4 cm³/mol. The Morgan fingerprint density at radius 3 is 2.64 bits per heavy atom. The Balaban J connectivity index is 1.84. The number of aromatic amines is 1. The lowest BCUT2D eigenvalue weighted by molar-refractivity contribution is -0.142. The number of halogens is 1. The molecule has 0 bridgehead atoms. The summed E-state index contributed by atoms with van der Waals surface area (Å²) in [5.41, 5.74) is 2.40. The first kappa shape index (κ1) is 17.2. The molecule has 0 spiro atoms. The zero-order valence-corrected chi connectivity index (χ0v) is 15.2. The summed E-state index contributed by atoms with van der Waals surface area (Å²) in [6, 6.07) is 14.1. The summed E-state index contributed by atoms with van der Waals surface area (Å²) in [5, 5.41) is 3.79. The summed E-state index contributed by atoms with van der Waals surface area (Å²) in [5.74, 6) is -0.812. The van der Waals surface area contributed by atoms with Gasteiger partial charge in [-0.15, -0.1) is 0 Å². The minimum atomic E-state index is -0.774. The summed E-state index contributed by atoms with van der Waals surface area (Å²) >= 11 is 3.35. The van der Waals surface area contributed by atoms with Gasteiger partial charge in [-0.25, -0.2) is 4.79 Å². The van der Waals surface area contributed by atoms with Crippen molar-refractivity contribution in [3.63, 3.8) is 0 Å². The van der Waals surface area contributed by atoms with Crippen LogP contribution in [-0.2, 0) is 16.0 Å². The number of amides is 1. The summed E-state index contributed by atoms with van der Waals surface area (Å²) < 4.78 is 5.53. The minimum absolute atomic E-state index is 0.331. The number of carbonyl (C=O) groups is 2. The SMILES string of the molecule is COC(=O)[C@H](Cc1c[nH]c2ccccc12)NC(=O)c1ccccc1Br. The highest BCUT2D eigenvalue weighted by atomic mass is 79.9. The molecule has 0 radical (unpaired) electrons. The van der Waals surface area contributed by atoms with E-state index in [9.17, 15) is 9.59 Å². The van der Waals surface area contributed by atoms with E-state index in [1.807, 2.05) is 36.5 Å². The lowest BCUT2D eigenvalue weighted by atomic mass is 10.0. The molecule has 3 aromatic rings. The topological polar surface area (TPSA) is 71.2 Å². The molecule has 1 amide bonds. The van der Waals surface area contributed by atoms with Crippen LogP contribution in [0.15, 0.2) is 59.2 Å². The molecule has 0 aliphatic carbocycles. The Morgan fingerprint density at radius 1 is 1.16 bits per heavy atom. The molecule has 2 N–H and O–H groups in total. The molecule has 1 atom stereocenters. The molecule has 1 heterocycles. The van der Waals surface area contributed by atoms with Crippen molar-refractivity contribution in [1.29, 1.82) is 0 Å². The Hall–Kier alpha value is -2.60. The van der Waals surface area contributed by atoms with Crippen molar-refractivity contribution < 1.29 is 14.3 Å². The van der Waals surface area contributed by atoms with Crippen molar-refractivity contribution in [3.8, 4) is 0 Å². The number of esters is 1. The molecule has 0 unspecified atom stereocenters. The smallest absolute Gasteiger partial charge is 0.328 e. The summed E-state index contributed by atoms with van der Waals surface area (Å²) in [4.78, 5) is 27.9. The maximum atomic E-state index is 12.5. The standard InChI is InChI=1S/C19H17BrN2O3/c1-25-19(24)17(22-18(23)14-7-2-4-8-15(14)20)10-12-11-21-16-9-5-3-6-13(12)16/h2-9,11,17,21H,10H2,1H3,(H,22,23)/t17-/m0/s1. The van der Waals surface area contributed by atoms with Crippen LogP contribution in [0.2, 0.25) is 0 Å². The van der Waals surface area contributed by atoms with E-state index in [2.05, 4.69) is 26.2 Å². The highest BCUT2D eigenvalue weighted by Crippen LogP contribution is 2.20. The van der Waals surface area contributed by atoms with Gasteiger partial charge in [0.1, 0.15) is 6.04 Å². The molecule has 0 saturated heterocycles. The molecule has 6 heteroatoms. The Morgan fingerprint density at radius 2 is 1.88 bits per heavy atom. The van der Waals surface area contributed by atoms with Crippen molar-refractivity contribution in [2.24, 2.45) is 0 Å². The van der Waals surface area contributed by atoms with E-state index in [0.29, 0.717) is 16.5 Å². The molecule has 0 aliphatic rings. The van der Waals surface area contributed by atoms with Gasteiger partial charge in [0.05, 0.1) is 12.7 Å². The molecule has 128 valence electrons. The van der Waals surface area contributed by atoms with Gasteiger partial charge in [-0.3, -0.25) is 4.79 Å². The third-order valence-electron chi connectivity index (χ3n) is 4.01. The fourth-order valence-corrected chi connectivity index (χ4v) is 3.20. The zero-order chi connectivity index (χ0) is 17.8. The van der Waals surface area contributed by atoms with Crippen LogP contribution in [0.5, 0.6) is 0 Å². The average molecular weight is 401 g/mol. The highest BCUT2D eigenvalue weighted by Gasteiger charge is 2.24. The van der Waals surface area contributed by atoms with Crippen LogP contribution in [0.25, 0.3) is 10.9 Å². The number of nitrogens with one attached hydrogen (secondary N) is 2. The second kappa shape index (κ2) is 7.53. The number of para-hydroxylation sites is 1. The van der Waals surface area contributed by atoms with E-state index < -0.39 is 12.0 Å². The molecule has 1 aromatic heterocycles. The molecule has 0 fully saturated rings. The number of H-pyrrole nitrogens is 1. The molecule has 3 rings (SSSR count). The first-order valence-electron chi connectivity index (χ1n) is 7.78. The van der Waals surface area contributed by atoms with Crippen LogP contribution < -0.4 is 5.32 Å². The molecule has 0 saturated carbocycles. The van der Waals surface area contributed by atoms with Gasteiger partial charge in [-0.2, -0.15) is 0 Å². The van der Waals surface area contributed by atoms with E-state index in [0.717, 1.165) is 16.5 Å². The monoisotopic (exact) mass is 400 g/mol. The van der Waals surface area contributed by atoms with Crippen LogP contribution in [0, 0.1) is 0 Å². The third kappa shape index (κ3) is 3.74. The maximum absolute atomic E-state index is 12.5. The number of ether oxygens (including phenoxy) is 1. The van der Waals surface area contributed by atoms with Crippen molar-refractivity contribution in [3.05, 3.63) is 70.3 Å². The zero-order valence-electron chi connectivity index (χ0n) is 13.6. The van der Waals surface area contributed by atoms with Gasteiger partial charge >= 0.3 is 5.97 Å². The van der Waals surface area contributed by atoms with Gasteiger partial charge in [0.2, 0.25) is 0 Å². The summed E-state index contributed by atoms with van der Waals surface area (Å²) in [7, 11) is 1.31. The molecular weight excluding hydrogens is 384 g/mol. The van der Waals surface area contributed by atoms with Crippen molar-refractivity contribution >= 4 is 38.7 Å². The van der Waals surface area contributed by atoms with Crippen LogP contribution in [0.4, 0.5) is 0 Å². The quantitative estimate of drug-likeness (QED) is 0.644. The molecule has 25 heavy (non-hydrogen) atoms.